The summed E-state index contributed by atoms with van der Waals surface area (Å²) in [5.74, 6) is 1.32. The molecule has 0 bridgehead atoms. The molecule has 2 aliphatic rings. The molecular weight excluding hydrogens is 214 g/mol. The number of hydrogen-bond donors (Lipinski definition) is 2. The van der Waals surface area contributed by atoms with E-state index in [1.165, 1.54) is 38.6 Å². The summed E-state index contributed by atoms with van der Waals surface area (Å²) in [6.45, 7) is 5.72. The highest BCUT2D eigenvalue weighted by Gasteiger charge is 2.44. The lowest BCUT2D eigenvalue weighted by atomic mass is 9.85. The van der Waals surface area contributed by atoms with Crippen LogP contribution in [0.25, 0.3) is 0 Å². The van der Waals surface area contributed by atoms with E-state index >= 15 is 0 Å². The summed E-state index contributed by atoms with van der Waals surface area (Å²) in [7, 11) is 0. The molecule has 0 aromatic rings. The third-order valence-corrected chi connectivity index (χ3v) is 4.39. The Balaban J connectivity index is 1.80. The van der Waals surface area contributed by atoms with Gasteiger partial charge in [-0.05, 0) is 43.6 Å². The van der Waals surface area contributed by atoms with Gasteiger partial charge in [-0.1, -0.05) is 18.5 Å². The molecule has 0 heterocycles. The first-order valence-electron chi connectivity index (χ1n) is 6.86. The van der Waals surface area contributed by atoms with Gasteiger partial charge in [0.15, 0.2) is 0 Å². The third kappa shape index (κ3) is 3.35. The maximum atomic E-state index is 8.66. The van der Waals surface area contributed by atoms with E-state index in [1.807, 2.05) is 0 Å². The van der Waals surface area contributed by atoms with Crippen LogP contribution in [0.3, 0.4) is 0 Å². The Labute approximate surface area is 104 Å². The van der Waals surface area contributed by atoms with Gasteiger partial charge in [-0.15, -0.1) is 0 Å². The highest BCUT2D eigenvalue weighted by Crippen LogP contribution is 2.49. The Morgan fingerprint density at radius 1 is 1.47 bits per heavy atom. The molecule has 0 spiro atoms. The molecule has 4 nitrogen and oxygen atoms in total. The normalized spacial score (nSPS) is 23.8. The van der Waals surface area contributed by atoms with Crippen LogP contribution in [0.1, 0.15) is 45.4 Å². The van der Waals surface area contributed by atoms with Crippen molar-refractivity contribution in [2.75, 3.05) is 19.6 Å². The number of rotatable bonds is 7. The molecule has 0 aromatic carbocycles. The monoisotopic (exact) mass is 239 g/mol. The van der Waals surface area contributed by atoms with Crippen LogP contribution in [0.4, 0.5) is 0 Å². The smallest absolute Gasteiger partial charge is 0.139 e. The molecular formula is C13H25N3O. The number of nitrogens with zero attached hydrogens (tertiary/aromatic N) is 2. The van der Waals surface area contributed by atoms with E-state index < -0.39 is 0 Å². The molecule has 0 radical (unpaired) electrons. The second-order valence-electron chi connectivity index (χ2n) is 5.89. The summed E-state index contributed by atoms with van der Waals surface area (Å²) >= 11 is 0. The van der Waals surface area contributed by atoms with E-state index in [0.29, 0.717) is 11.3 Å². The molecule has 4 heteroatoms. The van der Waals surface area contributed by atoms with Crippen molar-refractivity contribution < 1.29 is 5.21 Å². The Hall–Kier alpha value is -0.770. The molecule has 0 unspecified atom stereocenters. The van der Waals surface area contributed by atoms with E-state index in [-0.39, 0.29) is 0 Å². The molecule has 0 saturated heterocycles. The lowest BCUT2D eigenvalue weighted by molar-refractivity contribution is 0.158. The van der Waals surface area contributed by atoms with Crippen molar-refractivity contribution in [3.05, 3.63) is 0 Å². The maximum absolute atomic E-state index is 8.66. The second-order valence-corrected chi connectivity index (χ2v) is 5.89. The molecule has 2 saturated carbocycles. The second kappa shape index (κ2) is 5.25. The number of nitrogens with two attached hydrogens (primary N) is 1. The Morgan fingerprint density at radius 2 is 2.18 bits per heavy atom. The molecule has 17 heavy (non-hydrogen) atoms. The highest BCUT2D eigenvalue weighted by molar-refractivity contribution is 5.80. The van der Waals surface area contributed by atoms with Gasteiger partial charge in [0.05, 0.1) is 0 Å². The molecule has 0 aromatic heterocycles. The standard InChI is InChI=1S/C13H25N3O/c1-2-16(9-11-4-3-5-11)10-13(6-7-13)8-12(14)15-17/h11,17H,2-10H2,1H3,(H2,14,15). The predicted molar refractivity (Wildman–Crippen MR) is 69.1 cm³/mol. The number of hydrogen-bond acceptors (Lipinski definition) is 3. The van der Waals surface area contributed by atoms with E-state index in [1.54, 1.807) is 0 Å². The fraction of sp³-hybridized carbons (Fsp3) is 0.923. The van der Waals surface area contributed by atoms with Crippen LogP contribution < -0.4 is 5.73 Å². The lowest BCUT2D eigenvalue weighted by Gasteiger charge is -2.33. The average molecular weight is 239 g/mol. The zero-order valence-electron chi connectivity index (χ0n) is 10.9. The topological polar surface area (TPSA) is 61.8 Å². The van der Waals surface area contributed by atoms with Gasteiger partial charge >= 0.3 is 0 Å². The van der Waals surface area contributed by atoms with Gasteiger partial charge in [-0.3, -0.25) is 0 Å². The lowest BCUT2D eigenvalue weighted by Crippen LogP contribution is -2.37. The molecule has 2 aliphatic carbocycles. The van der Waals surface area contributed by atoms with Crippen molar-refractivity contribution >= 4 is 5.84 Å². The molecule has 0 aliphatic heterocycles. The first kappa shape index (κ1) is 12.7. The van der Waals surface area contributed by atoms with Crippen LogP contribution in [0.5, 0.6) is 0 Å². The third-order valence-electron chi connectivity index (χ3n) is 4.39. The minimum absolute atomic E-state index is 0.316. The van der Waals surface area contributed by atoms with Crippen LogP contribution in [-0.2, 0) is 0 Å². The summed E-state index contributed by atoms with van der Waals surface area (Å²) in [6, 6.07) is 0. The highest BCUT2D eigenvalue weighted by atomic mass is 16.4. The van der Waals surface area contributed by atoms with Crippen LogP contribution >= 0.6 is 0 Å². The van der Waals surface area contributed by atoms with Crippen molar-refractivity contribution in [1.82, 2.24) is 4.90 Å². The Kier molecular flexibility index (Phi) is 3.92. The van der Waals surface area contributed by atoms with Gasteiger partial charge in [0.1, 0.15) is 5.84 Å². The Bertz CT molecular complexity index is 282. The van der Waals surface area contributed by atoms with Gasteiger partial charge in [-0.25, -0.2) is 0 Å². The van der Waals surface area contributed by atoms with E-state index in [9.17, 15) is 0 Å². The van der Waals surface area contributed by atoms with Crippen molar-refractivity contribution in [3.8, 4) is 0 Å². The first-order valence-corrected chi connectivity index (χ1v) is 6.86. The molecule has 2 rings (SSSR count). The Morgan fingerprint density at radius 3 is 2.59 bits per heavy atom. The van der Waals surface area contributed by atoms with Crippen LogP contribution in [-0.4, -0.2) is 35.6 Å². The van der Waals surface area contributed by atoms with E-state index in [0.717, 1.165) is 25.4 Å². The van der Waals surface area contributed by atoms with Gasteiger partial charge in [0, 0.05) is 19.5 Å². The minimum atomic E-state index is 0.316. The molecule has 2 fully saturated rings. The number of oxime groups is 1. The zero-order chi connectivity index (χ0) is 12.3. The van der Waals surface area contributed by atoms with Crippen molar-refractivity contribution in [2.24, 2.45) is 22.2 Å². The fourth-order valence-electron chi connectivity index (χ4n) is 2.81. The van der Waals surface area contributed by atoms with Gasteiger partial charge < -0.3 is 15.8 Å². The van der Waals surface area contributed by atoms with Crippen LogP contribution in [0.15, 0.2) is 5.16 Å². The summed E-state index contributed by atoms with van der Waals surface area (Å²) in [4.78, 5) is 2.56. The summed E-state index contributed by atoms with van der Waals surface area (Å²) < 4.78 is 0. The summed E-state index contributed by atoms with van der Waals surface area (Å²) in [5.41, 5.74) is 5.95. The molecule has 3 N–H and O–H groups in total. The SMILES string of the molecule is CCN(CC1CCC1)CC1(CC(N)=NO)CC1. The van der Waals surface area contributed by atoms with Gasteiger partial charge in [0.25, 0.3) is 0 Å². The predicted octanol–water partition coefficient (Wildman–Crippen LogP) is 2.03. The quantitative estimate of drug-likeness (QED) is 0.309. The van der Waals surface area contributed by atoms with E-state index in [2.05, 4.69) is 17.0 Å². The number of amidine groups is 1. The van der Waals surface area contributed by atoms with Crippen LogP contribution in [0.2, 0.25) is 0 Å². The van der Waals surface area contributed by atoms with Crippen molar-refractivity contribution in [3.63, 3.8) is 0 Å². The van der Waals surface area contributed by atoms with Crippen molar-refractivity contribution in [1.29, 1.82) is 0 Å². The van der Waals surface area contributed by atoms with Crippen LogP contribution in [0, 0.1) is 11.3 Å². The van der Waals surface area contributed by atoms with E-state index in [4.69, 9.17) is 10.9 Å². The largest absolute Gasteiger partial charge is 0.409 e. The zero-order valence-corrected chi connectivity index (χ0v) is 10.9. The summed E-state index contributed by atoms with van der Waals surface area (Å²) in [5, 5.41) is 11.8. The minimum Gasteiger partial charge on any atom is -0.409 e. The maximum Gasteiger partial charge on any atom is 0.139 e. The molecule has 0 amide bonds. The fourth-order valence-corrected chi connectivity index (χ4v) is 2.81. The van der Waals surface area contributed by atoms with Gasteiger partial charge in [-0.2, -0.15) is 0 Å². The average Bonchev–Trinajstić information content (AvgIpc) is 3.01. The molecule has 98 valence electrons. The van der Waals surface area contributed by atoms with Crippen molar-refractivity contribution in [2.45, 2.75) is 45.4 Å². The molecule has 0 atom stereocenters. The summed E-state index contributed by atoms with van der Waals surface area (Å²) in [6.07, 6.45) is 7.43. The first-order chi connectivity index (χ1) is 8.17. The van der Waals surface area contributed by atoms with Gasteiger partial charge in [0.2, 0.25) is 0 Å².